The number of hydrogen-bond acceptors (Lipinski definition) is 3. The molecular weight excluding hydrogens is 273 g/mol. The third-order valence-electron chi connectivity index (χ3n) is 2.47. The van der Waals surface area contributed by atoms with Gasteiger partial charge in [-0.05, 0) is 29.1 Å². The first kappa shape index (κ1) is 12.7. The second-order valence-electron chi connectivity index (χ2n) is 3.60. The zero-order valence-corrected chi connectivity index (χ0v) is 10.6. The third-order valence-corrected chi connectivity index (χ3v) is 3.48. The van der Waals surface area contributed by atoms with Crippen molar-refractivity contribution in [3.63, 3.8) is 0 Å². The molecule has 1 unspecified atom stereocenters. The van der Waals surface area contributed by atoms with Crippen LogP contribution in [-0.2, 0) is 0 Å². The molecule has 90 valence electrons. The summed E-state index contributed by atoms with van der Waals surface area (Å²) < 4.78 is 12.9. The molecule has 0 radical (unpaired) electrons. The van der Waals surface area contributed by atoms with Gasteiger partial charge in [-0.25, -0.2) is 4.39 Å². The molecule has 2 aromatic rings. The van der Waals surface area contributed by atoms with Gasteiger partial charge in [0.15, 0.2) is 5.78 Å². The quantitative estimate of drug-likeness (QED) is 0.796. The Kier molecular flexibility index (Phi) is 3.75. The number of carbonyl (C=O) groups excluding carboxylic acids is 1. The molecule has 0 spiro atoms. The first-order valence-corrected chi connectivity index (χ1v) is 6.36. The molecule has 1 aromatic heterocycles. The summed E-state index contributed by atoms with van der Waals surface area (Å²) in [6.45, 7) is 0. The van der Waals surface area contributed by atoms with E-state index >= 15 is 0 Å². The van der Waals surface area contributed by atoms with Crippen LogP contribution in [-0.4, -0.2) is 5.78 Å². The number of nitrogens with zero attached hydrogens (tertiary/aromatic N) is 1. The van der Waals surface area contributed by atoms with Crippen molar-refractivity contribution in [3.8, 4) is 6.07 Å². The molecule has 2 nitrogen and oxygen atoms in total. The number of thiophene rings is 1. The van der Waals surface area contributed by atoms with Gasteiger partial charge in [0, 0.05) is 16.0 Å². The predicted octanol–water partition coefficient (Wildman–Crippen LogP) is 4.03. The van der Waals surface area contributed by atoms with E-state index in [4.69, 9.17) is 16.9 Å². The Morgan fingerprint density at radius 2 is 2.22 bits per heavy atom. The first-order valence-electron chi connectivity index (χ1n) is 5.04. The number of rotatable bonds is 3. The normalized spacial score (nSPS) is 11.8. The van der Waals surface area contributed by atoms with Gasteiger partial charge >= 0.3 is 0 Å². The highest BCUT2D eigenvalue weighted by Crippen LogP contribution is 2.28. The summed E-state index contributed by atoms with van der Waals surface area (Å²) in [6, 6.07) is 7.22. The average molecular weight is 280 g/mol. The van der Waals surface area contributed by atoms with E-state index in [2.05, 4.69) is 0 Å². The van der Waals surface area contributed by atoms with Crippen molar-refractivity contribution in [1.29, 1.82) is 5.26 Å². The third kappa shape index (κ3) is 2.42. The first-order chi connectivity index (χ1) is 8.63. The topological polar surface area (TPSA) is 40.9 Å². The maximum atomic E-state index is 12.9. The van der Waals surface area contributed by atoms with Crippen LogP contribution in [0.25, 0.3) is 0 Å². The standard InChI is InChI=1S/C13H7ClFNOS/c14-12-5-9(15)1-2-10(12)11(6-16)13(17)8-3-4-18-7-8/h1-5,7,11H. The van der Waals surface area contributed by atoms with Crippen LogP contribution in [0.1, 0.15) is 21.8 Å². The summed E-state index contributed by atoms with van der Waals surface area (Å²) in [4.78, 5) is 12.1. The molecular formula is C13H7ClFNOS. The minimum Gasteiger partial charge on any atom is -0.292 e. The molecule has 0 aliphatic heterocycles. The molecule has 0 fully saturated rings. The van der Waals surface area contributed by atoms with E-state index in [-0.39, 0.29) is 10.8 Å². The Morgan fingerprint density at radius 3 is 2.78 bits per heavy atom. The van der Waals surface area contributed by atoms with E-state index in [1.54, 1.807) is 16.8 Å². The minimum atomic E-state index is -1.01. The van der Waals surface area contributed by atoms with Crippen molar-refractivity contribution in [3.05, 3.63) is 57.0 Å². The molecule has 0 saturated carbocycles. The lowest BCUT2D eigenvalue weighted by atomic mass is 9.93. The van der Waals surface area contributed by atoms with Gasteiger partial charge < -0.3 is 0 Å². The molecule has 0 bridgehead atoms. The number of halogens is 2. The molecule has 1 aromatic carbocycles. The van der Waals surface area contributed by atoms with Gasteiger partial charge in [-0.2, -0.15) is 16.6 Å². The van der Waals surface area contributed by atoms with Gasteiger partial charge in [0.25, 0.3) is 0 Å². The van der Waals surface area contributed by atoms with Gasteiger partial charge in [-0.15, -0.1) is 0 Å². The van der Waals surface area contributed by atoms with Gasteiger partial charge in [-0.3, -0.25) is 4.79 Å². The Balaban J connectivity index is 2.41. The maximum Gasteiger partial charge on any atom is 0.185 e. The van der Waals surface area contributed by atoms with Gasteiger partial charge in [-0.1, -0.05) is 17.7 Å². The fourth-order valence-electron chi connectivity index (χ4n) is 1.58. The predicted molar refractivity (Wildman–Crippen MR) is 68.4 cm³/mol. The monoisotopic (exact) mass is 279 g/mol. The zero-order valence-electron chi connectivity index (χ0n) is 9.06. The number of nitriles is 1. The molecule has 1 atom stereocenters. The van der Waals surface area contributed by atoms with Crippen molar-refractivity contribution in [2.75, 3.05) is 0 Å². The summed E-state index contributed by atoms with van der Waals surface area (Å²) in [5.41, 5.74) is 0.795. The van der Waals surface area contributed by atoms with Crippen molar-refractivity contribution in [2.45, 2.75) is 5.92 Å². The van der Waals surface area contributed by atoms with Crippen LogP contribution < -0.4 is 0 Å². The number of benzene rings is 1. The summed E-state index contributed by atoms with van der Waals surface area (Å²) in [6.07, 6.45) is 0. The van der Waals surface area contributed by atoms with E-state index in [1.165, 1.54) is 23.5 Å². The average Bonchev–Trinajstić information content (AvgIpc) is 2.86. The van der Waals surface area contributed by atoms with Crippen molar-refractivity contribution in [1.82, 2.24) is 0 Å². The van der Waals surface area contributed by atoms with Crippen LogP contribution in [0.5, 0.6) is 0 Å². The lowest BCUT2D eigenvalue weighted by Gasteiger charge is -2.09. The fraction of sp³-hybridized carbons (Fsp3) is 0.0769. The van der Waals surface area contributed by atoms with Gasteiger partial charge in [0.2, 0.25) is 0 Å². The van der Waals surface area contributed by atoms with Crippen molar-refractivity contribution in [2.24, 2.45) is 0 Å². The lowest BCUT2D eigenvalue weighted by molar-refractivity contribution is 0.0979. The summed E-state index contributed by atoms with van der Waals surface area (Å²) in [5.74, 6) is -1.83. The van der Waals surface area contributed by atoms with Crippen LogP contribution in [0.15, 0.2) is 35.0 Å². The fourth-order valence-corrected chi connectivity index (χ4v) is 2.50. The molecule has 1 heterocycles. The van der Waals surface area contributed by atoms with E-state index in [0.29, 0.717) is 11.1 Å². The maximum absolute atomic E-state index is 12.9. The zero-order chi connectivity index (χ0) is 13.1. The van der Waals surface area contributed by atoms with Crippen LogP contribution in [0.2, 0.25) is 5.02 Å². The van der Waals surface area contributed by atoms with Crippen LogP contribution in [0.4, 0.5) is 4.39 Å². The molecule has 0 aliphatic rings. The van der Waals surface area contributed by atoms with Gasteiger partial charge in [0.1, 0.15) is 11.7 Å². The highest BCUT2D eigenvalue weighted by molar-refractivity contribution is 7.08. The Hall–Kier alpha value is -1.70. The van der Waals surface area contributed by atoms with E-state index in [9.17, 15) is 9.18 Å². The molecule has 18 heavy (non-hydrogen) atoms. The summed E-state index contributed by atoms with van der Waals surface area (Å²) >= 11 is 7.24. The molecule has 2 rings (SSSR count). The second-order valence-corrected chi connectivity index (χ2v) is 4.79. The molecule has 0 N–H and O–H groups in total. The van der Waals surface area contributed by atoms with E-state index < -0.39 is 11.7 Å². The Labute approximate surface area is 112 Å². The number of hydrogen-bond donors (Lipinski definition) is 0. The SMILES string of the molecule is N#CC(C(=O)c1ccsc1)c1ccc(F)cc1Cl. The van der Waals surface area contributed by atoms with Gasteiger partial charge in [0.05, 0.1) is 6.07 Å². The van der Waals surface area contributed by atoms with Crippen molar-refractivity contribution < 1.29 is 9.18 Å². The number of carbonyl (C=O) groups is 1. The number of ketones is 1. The van der Waals surface area contributed by atoms with E-state index in [0.717, 1.165) is 6.07 Å². The summed E-state index contributed by atoms with van der Waals surface area (Å²) in [5, 5.41) is 12.6. The van der Waals surface area contributed by atoms with Crippen LogP contribution in [0, 0.1) is 17.1 Å². The largest absolute Gasteiger partial charge is 0.292 e. The minimum absolute atomic E-state index is 0.0881. The highest BCUT2D eigenvalue weighted by Gasteiger charge is 2.24. The summed E-state index contributed by atoms with van der Waals surface area (Å²) in [7, 11) is 0. The Bertz CT molecular complexity index is 618. The van der Waals surface area contributed by atoms with Crippen LogP contribution in [0.3, 0.4) is 0 Å². The highest BCUT2D eigenvalue weighted by atomic mass is 35.5. The molecule has 0 saturated heterocycles. The second kappa shape index (κ2) is 5.30. The van der Waals surface area contributed by atoms with Crippen LogP contribution >= 0.6 is 22.9 Å². The Morgan fingerprint density at radius 1 is 1.44 bits per heavy atom. The lowest BCUT2D eigenvalue weighted by Crippen LogP contribution is -2.11. The smallest absolute Gasteiger partial charge is 0.185 e. The molecule has 0 aliphatic carbocycles. The molecule has 0 amide bonds. The number of Topliss-reactive ketones (excluding diaryl/α,β-unsaturated/α-hetero) is 1. The van der Waals surface area contributed by atoms with Crippen molar-refractivity contribution >= 4 is 28.7 Å². The van der Waals surface area contributed by atoms with E-state index in [1.807, 2.05) is 6.07 Å². The molecule has 5 heteroatoms.